The number of rotatable bonds is 4. The van der Waals surface area contributed by atoms with Crippen molar-refractivity contribution >= 4 is 18.3 Å². The minimum atomic E-state index is -0.102. The molecule has 5 heteroatoms. The minimum Gasteiger partial charge on any atom is -0.381 e. The summed E-state index contributed by atoms with van der Waals surface area (Å²) in [6.07, 6.45) is 2.26. The van der Waals surface area contributed by atoms with Gasteiger partial charge in [-0.2, -0.15) is 0 Å². The van der Waals surface area contributed by atoms with Gasteiger partial charge in [0.2, 0.25) is 5.91 Å². The van der Waals surface area contributed by atoms with E-state index in [9.17, 15) is 4.79 Å². The molecule has 0 aromatic heterocycles. The van der Waals surface area contributed by atoms with Gasteiger partial charge in [0.05, 0.1) is 12.5 Å². The third-order valence-electron chi connectivity index (χ3n) is 3.34. The van der Waals surface area contributed by atoms with E-state index >= 15 is 0 Å². The Morgan fingerprint density at radius 3 is 2.65 bits per heavy atom. The van der Waals surface area contributed by atoms with Crippen LogP contribution < -0.4 is 5.73 Å². The highest BCUT2D eigenvalue weighted by Gasteiger charge is 2.23. The molecule has 1 heterocycles. The zero-order chi connectivity index (χ0) is 12.1. The predicted molar refractivity (Wildman–Crippen MR) is 71.2 cm³/mol. The Kier molecular flexibility index (Phi) is 7.75. The van der Waals surface area contributed by atoms with E-state index in [0.717, 1.165) is 32.6 Å². The van der Waals surface area contributed by atoms with E-state index in [1.165, 1.54) is 0 Å². The number of ether oxygens (including phenoxy) is 1. The molecule has 0 aliphatic carbocycles. The number of hydrogen-bond donors (Lipinski definition) is 1. The number of hydrogen-bond acceptors (Lipinski definition) is 3. The Balaban J connectivity index is 0.00000256. The molecule has 1 aliphatic rings. The fourth-order valence-electron chi connectivity index (χ4n) is 2.00. The lowest BCUT2D eigenvalue weighted by molar-refractivity contribution is -0.135. The lowest BCUT2D eigenvalue weighted by Crippen LogP contribution is -2.42. The van der Waals surface area contributed by atoms with E-state index in [0.29, 0.717) is 5.92 Å². The summed E-state index contributed by atoms with van der Waals surface area (Å²) < 4.78 is 5.41. The molecule has 102 valence electrons. The summed E-state index contributed by atoms with van der Waals surface area (Å²) in [6, 6.07) is -0.0856. The summed E-state index contributed by atoms with van der Waals surface area (Å²) >= 11 is 0. The maximum Gasteiger partial charge on any atom is 0.226 e. The molecule has 0 radical (unpaired) electrons. The molecule has 0 saturated carbocycles. The van der Waals surface area contributed by atoms with Gasteiger partial charge in [-0.15, -0.1) is 12.4 Å². The predicted octanol–water partition coefficient (Wildman–Crippen LogP) is 1.28. The molecule has 1 saturated heterocycles. The molecule has 0 aromatic rings. The molecule has 2 N–H and O–H groups in total. The monoisotopic (exact) mass is 264 g/mol. The van der Waals surface area contributed by atoms with Crippen molar-refractivity contribution in [3.63, 3.8) is 0 Å². The lowest BCUT2D eigenvalue weighted by Gasteiger charge is -2.29. The van der Waals surface area contributed by atoms with Crippen LogP contribution in [0.1, 0.15) is 26.7 Å². The molecule has 3 atom stereocenters. The fourth-order valence-corrected chi connectivity index (χ4v) is 2.00. The molecular formula is C12H25ClN2O2. The largest absolute Gasteiger partial charge is 0.381 e. The van der Waals surface area contributed by atoms with Crippen LogP contribution >= 0.6 is 12.4 Å². The summed E-state index contributed by atoms with van der Waals surface area (Å²) in [5.41, 5.74) is 5.74. The average molecular weight is 265 g/mol. The normalized spacial score (nSPS) is 23.4. The Labute approximate surface area is 110 Å². The molecule has 0 aromatic carbocycles. The van der Waals surface area contributed by atoms with Crippen LogP contribution in [0.3, 0.4) is 0 Å². The number of nitrogens with zero attached hydrogens (tertiary/aromatic N) is 1. The van der Waals surface area contributed by atoms with Crippen molar-refractivity contribution < 1.29 is 9.53 Å². The van der Waals surface area contributed by atoms with Crippen molar-refractivity contribution in [2.75, 3.05) is 26.8 Å². The molecule has 3 unspecified atom stereocenters. The number of carbonyl (C=O) groups excluding carboxylic acids is 1. The van der Waals surface area contributed by atoms with Crippen molar-refractivity contribution in [1.82, 2.24) is 4.90 Å². The summed E-state index contributed by atoms with van der Waals surface area (Å²) in [7, 11) is 1.86. The molecule has 0 bridgehead atoms. The first-order valence-electron chi connectivity index (χ1n) is 6.10. The third kappa shape index (κ3) is 5.23. The van der Waals surface area contributed by atoms with Gasteiger partial charge >= 0.3 is 0 Å². The lowest BCUT2D eigenvalue weighted by atomic mass is 9.99. The third-order valence-corrected chi connectivity index (χ3v) is 3.34. The van der Waals surface area contributed by atoms with Crippen molar-refractivity contribution in [3.05, 3.63) is 0 Å². The quantitative estimate of drug-likeness (QED) is 0.832. The SMILES string of the molecule is CC(N)C(C)C(=O)N(C)CC1CCCOC1.Cl. The Hall–Kier alpha value is -0.320. The second-order valence-electron chi connectivity index (χ2n) is 4.95. The first-order chi connectivity index (χ1) is 7.52. The van der Waals surface area contributed by atoms with Crippen LogP contribution in [0.5, 0.6) is 0 Å². The first-order valence-corrected chi connectivity index (χ1v) is 6.10. The summed E-state index contributed by atoms with van der Waals surface area (Å²) in [5.74, 6) is 0.526. The molecule has 4 nitrogen and oxygen atoms in total. The number of carbonyl (C=O) groups is 1. The van der Waals surface area contributed by atoms with E-state index < -0.39 is 0 Å². The van der Waals surface area contributed by atoms with Gasteiger partial charge in [-0.1, -0.05) is 6.92 Å². The van der Waals surface area contributed by atoms with E-state index in [1.807, 2.05) is 20.9 Å². The topological polar surface area (TPSA) is 55.6 Å². The van der Waals surface area contributed by atoms with E-state index in [2.05, 4.69) is 0 Å². The van der Waals surface area contributed by atoms with Gasteiger partial charge in [0, 0.05) is 26.2 Å². The molecule has 1 amide bonds. The van der Waals surface area contributed by atoms with Crippen LogP contribution in [0.15, 0.2) is 0 Å². The van der Waals surface area contributed by atoms with E-state index in [1.54, 1.807) is 4.90 Å². The van der Waals surface area contributed by atoms with Gasteiger partial charge in [0.1, 0.15) is 0 Å². The highest BCUT2D eigenvalue weighted by atomic mass is 35.5. The van der Waals surface area contributed by atoms with Crippen LogP contribution in [0.25, 0.3) is 0 Å². The number of halogens is 1. The number of amides is 1. The molecule has 17 heavy (non-hydrogen) atoms. The summed E-state index contributed by atoms with van der Waals surface area (Å²) in [6.45, 7) is 6.20. The molecule has 1 aliphatic heterocycles. The standard InChI is InChI=1S/C12H24N2O2.ClH/c1-9(10(2)13)12(15)14(3)7-11-5-4-6-16-8-11;/h9-11H,4-8,13H2,1-3H3;1H. The zero-order valence-electron chi connectivity index (χ0n) is 11.0. The van der Waals surface area contributed by atoms with Crippen LogP contribution in [0.2, 0.25) is 0 Å². The highest BCUT2D eigenvalue weighted by Crippen LogP contribution is 2.15. The molecule has 0 spiro atoms. The van der Waals surface area contributed by atoms with Gasteiger partial charge in [0.25, 0.3) is 0 Å². The van der Waals surface area contributed by atoms with E-state index in [-0.39, 0.29) is 30.3 Å². The molecular weight excluding hydrogens is 240 g/mol. The Bertz CT molecular complexity index is 231. The highest BCUT2D eigenvalue weighted by molar-refractivity contribution is 5.85. The van der Waals surface area contributed by atoms with Crippen LogP contribution in [0.4, 0.5) is 0 Å². The van der Waals surface area contributed by atoms with Gasteiger partial charge in [-0.3, -0.25) is 4.79 Å². The Morgan fingerprint density at radius 2 is 2.18 bits per heavy atom. The maximum atomic E-state index is 12.0. The summed E-state index contributed by atoms with van der Waals surface area (Å²) in [4.78, 5) is 13.8. The van der Waals surface area contributed by atoms with Gasteiger partial charge in [-0.25, -0.2) is 0 Å². The van der Waals surface area contributed by atoms with Crippen LogP contribution in [0, 0.1) is 11.8 Å². The van der Waals surface area contributed by atoms with Crippen molar-refractivity contribution in [2.45, 2.75) is 32.7 Å². The smallest absolute Gasteiger partial charge is 0.226 e. The number of nitrogens with two attached hydrogens (primary N) is 1. The second kappa shape index (κ2) is 7.90. The minimum absolute atomic E-state index is 0. The van der Waals surface area contributed by atoms with Crippen molar-refractivity contribution in [2.24, 2.45) is 17.6 Å². The van der Waals surface area contributed by atoms with E-state index in [4.69, 9.17) is 10.5 Å². The van der Waals surface area contributed by atoms with Crippen LogP contribution in [-0.2, 0) is 9.53 Å². The van der Waals surface area contributed by atoms with Gasteiger partial charge in [0.15, 0.2) is 0 Å². The fraction of sp³-hybridized carbons (Fsp3) is 0.917. The van der Waals surface area contributed by atoms with Crippen molar-refractivity contribution in [1.29, 1.82) is 0 Å². The zero-order valence-corrected chi connectivity index (χ0v) is 11.8. The molecule has 1 rings (SSSR count). The summed E-state index contributed by atoms with van der Waals surface area (Å²) in [5, 5.41) is 0. The first kappa shape index (κ1) is 16.7. The van der Waals surface area contributed by atoms with Crippen LogP contribution in [-0.4, -0.2) is 43.7 Å². The van der Waals surface area contributed by atoms with Gasteiger partial charge in [-0.05, 0) is 25.7 Å². The Morgan fingerprint density at radius 1 is 1.53 bits per heavy atom. The average Bonchev–Trinajstić information content (AvgIpc) is 2.28. The molecule has 1 fully saturated rings. The maximum absolute atomic E-state index is 12.0. The van der Waals surface area contributed by atoms with Crippen molar-refractivity contribution in [3.8, 4) is 0 Å². The second-order valence-corrected chi connectivity index (χ2v) is 4.95. The van der Waals surface area contributed by atoms with Gasteiger partial charge < -0.3 is 15.4 Å².